The minimum absolute atomic E-state index is 0.146. The maximum atomic E-state index is 13.2. The van der Waals surface area contributed by atoms with Crippen LogP contribution in [-0.4, -0.2) is 35.1 Å². The van der Waals surface area contributed by atoms with Crippen LogP contribution >= 0.6 is 0 Å². The molecule has 1 amide bonds. The van der Waals surface area contributed by atoms with Crippen LogP contribution in [0.2, 0.25) is 0 Å². The van der Waals surface area contributed by atoms with Crippen LogP contribution in [0.5, 0.6) is 0 Å². The van der Waals surface area contributed by atoms with Gasteiger partial charge in [-0.15, -0.1) is 0 Å². The average molecular weight is 410 g/mol. The first kappa shape index (κ1) is 20.3. The standard InChI is InChI=1S/C22H27N5O3/c1-14-8-9-18-25-20-17(22(29)27(18)13-14)12-16(19(23)26(20)10-11-30-2)21(28)24-15-6-4-3-5-7-15/h8-9,12-13,15,23H,3-7,10-11H2,1-2H3,(H,24,28)/p+1. The lowest BCUT2D eigenvalue weighted by atomic mass is 9.95. The molecule has 1 saturated carbocycles. The molecule has 0 aromatic carbocycles. The van der Waals surface area contributed by atoms with E-state index in [9.17, 15) is 9.59 Å². The van der Waals surface area contributed by atoms with E-state index in [1.165, 1.54) is 10.8 Å². The van der Waals surface area contributed by atoms with Gasteiger partial charge in [-0.2, -0.15) is 0 Å². The Morgan fingerprint density at radius 1 is 1.33 bits per heavy atom. The van der Waals surface area contributed by atoms with E-state index in [1.54, 1.807) is 30.0 Å². The van der Waals surface area contributed by atoms with Gasteiger partial charge >= 0.3 is 0 Å². The molecule has 8 heteroatoms. The van der Waals surface area contributed by atoms with Crippen molar-refractivity contribution < 1.29 is 14.1 Å². The Labute approximate surface area is 174 Å². The van der Waals surface area contributed by atoms with Crippen molar-refractivity contribution in [1.82, 2.24) is 14.7 Å². The van der Waals surface area contributed by atoms with Crippen molar-refractivity contribution in [2.24, 2.45) is 0 Å². The number of aryl methyl sites for hydroxylation is 1. The van der Waals surface area contributed by atoms with Crippen molar-refractivity contribution in [2.45, 2.75) is 51.6 Å². The van der Waals surface area contributed by atoms with E-state index >= 15 is 0 Å². The third kappa shape index (κ3) is 3.75. The van der Waals surface area contributed by atoms with E-state index in [2.05, 4.69) is 10.3 Å². The zero-order valence-electron chi connectivity index (χ0n) is 17.5. The van der Waals surface area contributed by atoms with Crippen LogP contribution in [0, 0.1) is 6.92 Å². The molecule has 8 nitrogen and oxygen atoms in total. The molecule has 30 heavy (non-hydrogen) atoms. The van der Waals surface area contributed by atoms with Crippen molar-refractivity contribution in [3.8, 4) is 0 Å². The number of ether oxygens (including phenoxy) is 1. The van der Waals surface area contributed by atoms with Gasteiger partial charge in [0.2, 0.25) is 11.5 Å². The van der Waals surface area contributed by atoms with E-state index in [0.717, 1.165) is 31.2 Å². The van der Waals surface area contributed by atoms with Crippen molar-refractivity contribution >= 4 is 28.4 Å². The fourth-order valence-electron chi connectivity index (χ4n) is 4.16. The monoisotopic (exact) mass is 410 g/mol. The Kier molecular flexibility index (Phi) is 5.67. The first-order valence-corrected chi connectivity index (χ1v) is 10.4. The Morgan fingerprint density at radius 2 is 2.10 bits per heavy atom. The van der Waals surface area contributed by atoms with Gasteiger partial charge in [0, 0.05) is 19.3 Å². The number of hydrogen-bond acceptors (Lipinski definition) is 5. The third-order valence-corrected chi connectivity index (χ3v) is 5.80. The van der Waals surface area contributed by atoms with Crippen LogP contribution in [0.15, 0.2) is 29.2 Å². The van der Waals surface area contributed by atoms with Crippen LogP contribution in [-0.2, 0) is 11.3 Å². The summed E-state index contributed by atoms with van der Waals surface area (Å²) in [4.78, 5) is 31.0. The number of aromatic nitrogens is 3. The third-order valence-electron chi connectivity index (χ3n) is 5.80. The molecule has 3 N–H and O–H groups in total. The molecule has 3 aromatic rings. The number of nitrogens with zero attached hydrogens (tertiary/aromatic N) is 3. The highest BCUT2D eigenvalue weighted by molar-refractivity contribution is 6.00. The zero-order valence-corrected chi connectivity index (χ0v) is 17.5. The van der Waals surface area contributed by atoms with Gasteiger partial charge in [-0.25, -0.2) is 4.57 Å². The van der Waals surface area contributed by atoms with E-state index in [0.29, 0.717) is 35.4 Å². The Morgan fingerprint density at radius 3 is 2.83 bits per heavy atom. The Balaban J connectivity index is 1.88. The fraction of sp³-hybridized carbons (Fsp3) is 0.455. The van der Waals surface area contributed by atoms with Gasteiger partial charge < -0.3 is 15.8 Å². The highest BCUT2D eigenvalue weighted by Gasteiger charge is 2.26. The molecule has 1 fully saturated rings. The summed E-state index contributed by atoms with van der Waals surface area (Å²) in [5.41, 5.74) is 8.42. The van der Waals surface area contributed by atoms with E-state index < -0.39 is 0 Å². The SMILES string of the molecule is COCC[n+]1c(N)c(C(=O)NC2CCCCC2)cc2c(=O)n3cc(C)ccc3nc21. The molecular formula is C22H28N5O3+. The minimum atomic E-state index is -0.249. The molecule has 0 saturated heterocycles. The summed E-state index contributed by atoms with van der Waals surface area (Å²) >= 11 is 0. The van der Waals surface area contributed by atoms with Crippen molar-refractivity contribution in [3.05, 3.63) is 45.9 Å². The van der Waals surface area contributed by atoms with E-state index in [4.69, 9.17) is 10.5 Å². The summed E-state index contributed by atoms with van der Waals surface area (Å²) in [6.07, 6.45) is 7.12. The number of fused-ring (bicyclic) bond motifs is 2. The summed E-state index contributed by atoms with van der Waals surface area (Å²) in [6.45, 7) is 2.69. The van der Waals surface area contributed by atoms with Crippen LogP contribution < -0.4 is 21.2 Å². The van der Waals surface area contributed by atoms with Gasteiger partial charge in [-0.1, -0.05) is 30.3 Å². The van der Waals surface area contributed by atoms with Crippen molar-refractivity contribution in [2.75, 3.05) is 19.5 Å². The number of carbonyl (C=O) groups is 1. The molecule has 0 aliphatic heterocycles. The number of nitrogens with two attached hydrogens (primary N) is 1. The van der Waals surface area contributed by atoms with Gasteiger partial charge in [-0.3, -0.25) is 14.0 Å². The van der Waals surface area contributed by atoms with Crippen LogP contribution in [0.4, 0.5) is 5.82 Å². The summed E-state index contributed by atoms with van der Waals surface area (Å²) < 4.78 is 8.43. The number of nitrogens with one attached hydrogen (secondary N) is 1. The maximum absolute atomic E-state index is 13.2. The number of methoxy groups -OCH3 is 1. The number of hydrogen-bond donors (Lipinski definition) is 2. The topological polar surface area (TPSA) is 103 Å². The lowest BCUT2D eigenvalue weighted by Crippen LogP contribution is -2.45. The van der Waals surface area contributed by atoms with Gasteiger partial charge in [0.05, 0.1) is 13.2 Å². The highest BCUT2D eigenvalue weighted by Crippen LogP contribution is 2.19. The molecule has 158 valence electrons. The highest BCUT2D eigenvalue weighted by atomic mass is 16.5. The number of anilines is 1. The number of carbonyl (C=O) groups excluding carboxylic acids is 1. The summed E-state index contributed by atoms with van der Waals surface area (Å²) in [5.74, 6) is 0.0393. The quantitative estimate of drug-likeness (QED) is 0.493. The van der Waals surface area contributed by atoms with Gasteiger partial charge in [0.15, 0.2) is 0 Å². The Hall–Kier alpha value is -3.00. The zero-order chi connectivity index (χ0) is 21.3. The fourth-order valence-corrected chi connectivity index (χ4v) is 4.16. The first-order chi connectivity index (χ1) is 14.5. The van der Waals surface area contributed by atoms with E-state index in [-0.39, 0.29) is 23.3 Å². The molecule has 1 aliphatic rings. The molecule has 0 atom stereocenters. The van der Waals surface area contributed by atoms with Gasteiger partial charge in [0.25, 0.3) is 17.1 Å². The number of nitrogen functional groups attached to an aromatic ring is 1. The molecule has 3 aromatic heterocycles. The van der Waals surface area contributed by atoms with Gasteiger partial charge in [0.1, 0.15) is 10.9 Å². The maximum Gasteiger partial charge on any atom is 0.278 e. The minimum Gasteiger partial charge on any atom is -0.381 e. The predicted octanol–water partition coefficient (Wildman–Crippen LogP) is 1.73. The van der Waals surface area contributed by atoms with Crippen LogP contribution in [0.1, 0.15) is 48.0 Å². The second-order valence-corrected chi connectivity index (χ2v) is 7.98. The predicted molar refractivity (Wildman–Crippen MR) is 115 cm³/mol. The smallest absolute Gasteiger partial charge is 0.278 e. The molecule has 1 aliphatic carbocycles. The second kappa shape index (κ2) is 8.39. The Bertz CT molecular complexity index is 1170. The second-order valence-electron chi connectivity index (χ2n) is 7.98. The summed E-state index contributed by atoms with van der Waals surface area (Å²) in [6, 6.07) is 5.43. The lowest BCUT2D eigenvalue weighted by Gasteiger charge is -2.23. The molecule has 0 unspecified atom stereocenters. The number of rotatable bonds is 5. The normalized spacial score (nSPS) is 15.0. The molecule has 4 rings (SSSR count). The van der Waals surface area contributed by atoms with Crippen LogP contribution in [0.25, 0.3) is 16.7 Å². The van der Waals surface area contributed by atoms with Crippen molar-refractivity contribution in [3.63, 3.8) is 0 Å². The molecule has 3 heterocycles. The largest absolute Gasteiger partial charge is 0.381 e. The number of amides is 1. The average Bonchev–Trinajstić information content (AvgIpc) is 2.74. The number of pyridine rings is 2. The van der Waals surface area contributed by atoms with E-state index in [1.807, 2.05) is 13.0 Å². The summed E-state index contributed by atoms with van der Waals surface area (Å²) in [7, 11) is 1.60. The molecule has 0 bridgehead atoms. The first-order valence-electron chi connectivity index (χ1n) is 10.4. The van der Waals surface area contributed by atoms with Gasteiger partial charge in [-0.05, 0) is 37.5 Å². The summed E-state index contributed by atoms with van der Waals surface area (Å²) in [5, 5.41) is 3.46. The lowest BCUT2D eigenvalue weighted by molar-refractivity contribution is -0.660. The van der Waals surface area contributed by atoms with Crippen LogP contribution in [0.3, 0.4) is 0 Å². The molecule has 0 spiro atoms. The molecular weight excluding hydrogens is 382 g/mol. The van der Waals surface area contributed by atoms with Crippen molar-refractivity contribution in [1.29, 1.82) is 0 Å². The molecule has 0 radical (unpaired) electrons.